The van der Waals surface area contributed by atoms with E-state index in [0.717, 1.165) is 24.4 Å². The van der Waals surface area contributed by atoms with Crippen LogP contribution < -0.4 is 5.32 Å². The second kappa shape index (κ2) is 5.65. The van der Waals surface area contributed by atoms with Crippen molar-refractivity contribution in [2.75, 3.05) is 5.32 Å². The molecule has 1 aromatic carbocycles. The number of aryl methyl sites for hydroxylation is 2. The first-order chi connectivity index (χ1) is 11.3. The van der Waals surface area contributed by atoms with Gasteiger partial charge in [-0.1, -0.05) is 31.2 Å². The lowest BCUT2D eigenvalue weighted by molar-refractivity contribution is 0.595. The minimum absolute atomic E-state index is 0.319. The van der Waals surface area contributed by atoms with E-state index in [1.54, 1.807) is 6.33 Å². The third kappa shape index (κ3) is 2.36. The number of benzene rings is 1. The van der Waals surface area contributed by atoms with Crippen molar-refractivity contribution in [3.63, 3.8) is 0 Å². The number of aromatic nitrogens is 4. The van der Waals surface area contributed by atoms with E-state index in [-0.39, 0.29) is 0 Å². The number of rotatable bonds is 3. The van der Waals surface area contributed by atoms with Gasteiger partial charge < -0.3 is 5.32 Å². The lowest BCUT2D eigenvalue weighted by Crippen LogP contribution is -2.20. The summed E-state index contributed by atoms with van der Waals surface area (Å²) < 4.78 is 1.84. The molecule has 0 radical (unpaired) electrons. The van der Waals surface area contributed by atoms with Gasteiger partial charge in [0.05, 0.1) is 6.04 Å². The molecule has 2 heterocycles. The second-order valence-corrected chi connectivity index (χ2v) is 6.14. The molecule has 0 unspecified atom stereocenters. The summed E-state index contributed by atoms with van der Waals surface area (Å²) >= 11 is 0. The zero-order valence-electron chi connectivity index (χ0n) is 13.6. The van der Waals surface area contributed by atoms with Crippen molar-refractivity contribution < 1.29 is 0 Å². The fourth-order valence-corrected chi connectivity index (χ4v) is 3.63. The first kappa shape index (κ1) is 14.2. The molecule has 0 amide bonds. The van der Waals surface area contributed by atoms with E-state index < -0.39 is 0 Å². The fraction of sp³-hybridized carbons (Fsp3) is 0.389. The maximum absolute atomic E-state index is 4.55. The van der Waals surface area contributed by atoms with E-state index in [1.165, 1.54) is 29.5 Å². The van der Waals surface area contributed by atoms with Crippen molar-refractivity contribution in [2.45, 2.75) is 45.6 Å². The summed E-state index contributed by atoms with van der Waals surface area (Å²) in [4.78, 5) is 8.81. The first-order valence-electron chi connectivity index (χ1n) is 8.31. The van der Waals surface area contributed by atoms with E-state index >= 15 is 0 Å². The Morgan fingerprint density at radius 3 is 3.04 bits per heavy atom. The van der Waals surface area contributed by atoms with E-state index in [4.69, 9.17) is 0 Å². The van der Waals surface area contributed by atoms with Gasteiger partial charge in [0.15, 0.2) is 0 Å². The van der Waals surface area contributed by atoms with Gasteiger partial charge in [-0.05, 0) is 43.7 Å². The van der Waals surface area contributed by atoms with Gasteiger partial charge in [-0.2, -0.15) is 14.6 Å². The lowest BCUT2D eigenvalue weighted by atomic mass is 9.87. The normalized spacial score (nSPS) is 17.2. The van der Waals surface area contributed by atoms with Crippen molar-refractivity contribution >= 4 is 11.6 Å². The predicted octanol–water partition coefficient (Wildman–Crippen LogP) is 3.48. The van der Waals surface area contributed by atoms with Gasteiger partial charge >= 0.3 is 0 Å². The van der Waals surface area contributed by atoms with Crippen molar-refractivity contribution in [1.29, 1.82) is 0 Å². The largest absolute Gasteiger partial charge is 0.363 e. The Labute approximate surface area is 135 Å². The number of nitrogens with zero attached hydrogens (tertiary/aromatic N) is 4. The second-order valence-electron chi connectivity index (χ2n) is 6.14. The third-order valence-electron chi connectivity index (χ3n) is 4.77. The molecule has 5 heteroatoms. The van der Waals surface area contributed by atoms with Crippen LogP contribution in [0.15, 0.2) is 30.6 Å². The Morgan fingerprint density at radius 2 is 2.17 bits per heavy atom. The van der Waals surface area contributed by atoms with E-state index in [0.29, 0.717) is 11.8 Å². The summed E-state index contributed by atoms with van der Waals surface area (Å²) in [6.07, 6.45) is 6.01. The topological polar surface area (TPSA) is 55.1 Å². The maximum atomic E-state index is 4.55. The molecular formula is C18H21N5. The van der Waals surface area contributed by atoms with Gasteiger partial charge in [0, 0.05) is 11.3 Å². The highest BCUT2D eigenvalue weighted by Crippen LogP contribution is 2.33. The number of hydrogen-bond donors (Lipinski definition) is 1. The Kier molecular flexibility index (Phi) is 3.48. The van der Waals surface area contributed by atoms with Crippen LogP contribution in [0.4, 0.5) is 5.82 Å². The van der Waals surface area contributed by atoms with Crippen LogP contribution in [0, 0.1) is 6.92 Å². The van der Waals surface area contributed by atoms with E-state index in [2.05, 4.69) is 51.6 Å². The molecule has 1 atom stereocenters. The molecule has 0 spiro atoms. The van der Waals surface area contributed by atoms with E-state index in [9.17, 15) is 0 Å². The monoisotopic (exact) mass is 307 g/mol. The van der Waals surface area contributed by atoms with E-state index in [1.807, 2.05) is 11.4 Å². The number of hydrogen-bond acceptors (Lipinski definition) is 4. The average molecular weight is 307 g/mol. The highest BCUT2D eigenvalue weighted by Gasteiger charge is 2.22. The Morgan fingerprint density at radius 1 is 1.30 bits per heavy atom. The molecule has 0 aliphatic heterocycles. The summed E-state index contributed by atoms with van der Waals surface area (Å²) in [7, 11) is 0. The Bertz CT molecular complexity index is 852. The predicted molar refractivity (Wildman–Crippen MR) is 90.6 cm³/mol. The zero-order chi connectivity index (χ0) is 15.8. The molecule has 0 fully saturated rings. The number of nitrogens with one attached hydrogen (secondary N) is 1. The van der Waals surface area contributed by atoms with Crippen LogP contribution in [-0.4, -0.2) is 19.6 Å². The quantitative estimate of drug-likeness (QED) is 0.805. The van der Waals surface area contributed by atoms with Crippen molar-refractivity contribution in [1.82, 2.24) is 19.6 Å². The molecule has 5 nitrogen and oxygen atoms in total. The van der Waals surface area contributed by atoms with Gasteiger partial charge in [0.1, 0.15) is 12.1 Å². The van der Waals surface area contributed by atoms with Crippen molar-refractivity contribution in [3.05, 3.63) is 53.0 Å². The summed E-state index contributed by atoms with van der Waals surface area (Å²) in [5.41, 5.74) is 5.10. The molecule has 2 aromatic heterocycles. The summed E-state index contributed by atoms with van der Waals surface area (Å²) in [5, 5.41) is 8.12. The highest BCUT2D eigenvalue weighted by atomic mass is 15.4. The Balaban J connectivity index is 1.81. The maximum Gasteiger partial charge on any atom is 0.254 e. The number of fused-ring (bicyclic) bond motifs is 2. The third-order valence-corrected chi connectivity index (χ3v) is 4.77. The molecule has 1 N–H and O–H groups in total. The van der Waals surface area contributed by atoms with Gasteiger partial charge in [0.2, 0.25) is 0 Å². The van der Waals surface area contributed by atoms with Crippen molar-refractivity contribution in [3.8, 4) is 0 Å². The van der Waals surface area contributed by atoms with Crippen LogP contribution in [0.1, 0.15) is 48.2 Å². The molecule has 1 aliphatic rings. The minimum atomic E-state index is 0.319. The SMILES string of the molecule is CCc1c(C)nc2ncnn2c1N[C@@H]1CCCc2ccccc21. The average Bonchev–Trinajstić information content (AvgIpc) is 3.03. The molecule has 1 aliphatic carbocycles. The van der Waals surface area contributed by atoms with Crippen LogP contribution in [0.25, 0.3) is 5.78 Å². The smallest absolute Gasteiger partial charge is 0.254 e. The molecule has 23 heavy (non-hydrogen) atoms. The van der Waals surface area contributed by atoms with Gasteiger partial charge in [-0.25, -0.2) is 4.98 Å². The summed E-state index contributed by atoms with van der Waals surface area (Å²) in [5.74, 6) is 1.69. The molecule has 0 bridgehead atoms. The van der Waals surface area contributed by atoms with Crippen LogP contribution >= 0.6 is 0 Å². The highest BCUT2D eigenvalue weighted by molar-refractivity contribution is 5.54. The molecule has 0 saturated carbocycles. The molecule has 3 aromatic rings. The van der Waals surface area contributed by atoms with Crippen LogP contribution in [-0.2, 0) is 12.8 Å². The molecule has 0 saturated heterocycles. The van der Waals surface area contributed by atoms with Gasteiger partial charge in [-0.15, -0.1) is 0 Å². The van der Waals surface area contributed by atoms with Gasteiger partial charge in [-0.3, -0.25) is 0 Å². The minimum Gasteiger partial charge on any atom is -0.363 e. The van der Waals surface area contributed by atoms with Crippen LogP contribution in [0.5, 0.6) is 0 Å². The number of anilines is 1. The first-order valence-corrected chi connectivity index (χ1v) is 8.31. The Hall–Kier alpha value is -2.43. The standard InChI is InChI=1S/C18H21N5/c1-3-14-12(2)21-18-19-11-20-23(18)17(14)22-16-10-6-8-13-7-4-5-9-15(13)16/h4-5,7,9,11,16,22H,3,6,8,10H2,1-2H3/t16-/m1/s1. The molecular weight excluding hydrogens is 286 g/mol. The van der Waals surface area contributed by atoms with Gasteiger partial charge in [0.25, 0.3) is 5.78 Å². The fourth-order valence-electron chi connectivity index (χ4n) is 3.63. The molecule has 4 rings (SSSR count). The lowest BCUT2D eigenvalue weighted by Gasteiger charge is -2.28. The molecule has 118 valence electrons. The van der Waals surface area contributed by atoms with Crippen molar-refractivity contribution in [2.24, 2.45) is 0 Å². The summed E-state index contributed by atoms with van der Waals surface area (Å²) in [6, 6.07) is 9.06. The summed E-state index contributed by atoms with van der Waals surface area (Å²) in [6.45, 7) is 4.21. The van der Waals surface area contributed by atoms with Crippen LogP contribution in [0.3, 0.4) is 0 Å². The zero-order valence-corrected chi connectivity index (χ0v) is 13.6. The van der Waals surface area contributed by atoms with Crippen LogP contribution in [0.2, 0.25) is 0 Å².